The van der Waals surface area contributed by atoms with Gasteiger partial charge in [0.15, 0.2) is 5.75 Å². The van der Waals surface area contributed by atoms with Gasteiger partial charge in [-0.15, -0.1) is 0 Å². The average Bonchev–Trinajstić information content (AvgIpc) is 2.77. The summed E-state index contributed by atoms with van der Waals surface area (Å²) in [5.74, 6) is 1.33. The highest BCUT2D eigenvalue weighted by Crippen LogP contribution is 2.20. The number of nitrogens with zero attached hydrogens (tertiary/aromatic N) is 3. The van der Waals surface area contributed by atoms with E-state index in [4.69, 9.17) is 22.7 Å². The van der Waals surface area contributed by atoms with Gasteiger partial charge in [-0.25, -0.2) is 0 Å². The number of rotatable bonds is 5. The lowest BCUT2D eigenvalue weighted by molar-refractivity contribution is 0.479. The summed E-state index contributed by atoms with van der Waals surface area (Å²) in [6.07, 6.45) is 6.17. The molecule has 0 aliphatic heterocycles. The highest BCUT2D eigenvalue weighted by atomic mass is 32.1. The van der Waals surface area contributed by atoms with Gasteiger partial charge >= 0.3 is 0 Å². The summed E-state index contributed by atoms with van der Waals surface area (Å²) >= 11 is 4.87. The van der Waals surface area contributed by atoms with Crippen molar-refractivity contribution in [3.05, 3.63) is 36.4 Å². The molecule has 0 aromatic carbocycles. The number of hydrogen-bond acceptors (Lipinski definition) is 4. The van der Waals surface area contributed by atoms with Gasteiger partial charge in [-0.2, -0.15) is 5.10 Å². The lowest BCUT2D eigenvalue weighted by Gasteiger charge is -2.04. The maximum absolute atomic E-state index is 5.66. The Labute approximate surface area is 111 Å². The Kier molecular flexibility index (Phi) is 3.88. The molecule has 6 heteroatoms. The van der Waals surface area contributed by atoms with Crippen molar-refractivity contribution in [2.75, 3.05) is 0 Å². The van der Waals surface area contributed by atoms with E-state index in [0.29, 0.717) is 17.2 Å². The molecule has 0 spiro atoms. The minimum atomic E-state index is 0.252. The van der Waals surface area contributed by atoms with E-state index in [-0.39, 0.29) is 4.99 Å². The van der Waals surface area contributed by atoms with E-state index in [2.05, 4.69) is 17.0 Å². The van der Waals surface area contributed by atoms with Crippen molar-refractivity contribution in [2.24, 2.45) is 5.73 Å². The monoisotopic (exact) mass is 262 g/mol. The number of nitrogens with two attached hydrogens (primary N) is 1. The van der Waals surface area contributed by atoms with Crippen molar-refractivity contribution in [2.45, 2.75) is 19.9 Å². The van der Waals surface area contributed by atoms with Gasteiger partial charge in [-0.3, -0.25) is 9.67 Å². The van der Waals surface area contributed by atoms with E-state index in [1.165, 1.54) is 0 Å². The normalized spacial score (nSPS) is 10.3. The van der Waals surface area contributed by atoms with Gasteiger partial charge in [0.2, 0.25) is 0 Å². The number of ether oxygens (including phenoxy) is 1. The lowest BCUT2D eigenvalue weighted by atomic mass is 10.3. The zero-order chi connectivity index (χ0) is 13.0. The molecular formula is C12H14N4OS. The van der Waals surface area contributed by atoms with Crippen molar-refractivity contribution >= 4 is 17.2 Å². The van der Waals surface area contributed by atoms with Gasteiger partial charge < -0.3 is 10.5 Å². The molecule has 2 heterocycles. The van der Waals surface area contributed by atoms with E-state index in [0.717, 1.165) is 13.0 Å². The molecule has 0 saturated carbocycles. The number of aryl methyl sites for hydroxylation is 1. The van der Waals surface area contributed by atoms with E-state index in [9.17, 15) is 0 Å². The standard InChI is InChI=1S/C12H14N4OS/c1-2-5-16-8-10(7-15-16)17-9-3-4-14-11(6-9)12(13)18/h3-4,6-8H,2,5H2,1H3,(H2,13,18). The molecule has 2 aromatic heterocycles. The molecular weight excluding hydrogens is 248 g/mol. The van der Waals surface area contributed by atoms with Crippen LogP contribution in [0.4, 0.5) is 0 Å². The van der Waals surface area contributed by atoms with E-state index in [1.807, 2.05) is 10.9 Å². The number of pyridine rings is 1. The Morgan fingerprint density at radius 1 is 1.50 bits per heavy atom. The van der Waals surface area contributed by atoms with Crippen LogP contribution in [0.2, 0.25) is 0 Å². The quantitative estimate of drug-likeness (QED) is 0.836. The average molecular weight is 262 g/mol. The fourth-order valence-electron chi connectivity index (χ4n) is 1.49. The third-order valence-electron chi connectivity index (χ3n) is 2.28. The predicted molar refractivity (Wildman–Crippen MR) is 72.7 cm³/mol. The van der Waals surface area contributed by atoms with Gasteiger partial charge in [-0.1, -0.05) is 19.1 Å². The van der Waals surface area contributed by atoms with Crippen molar-refractivity contribution in [3.63, 3.8) is 0 Å². The molecule has 2 aromatic rings. The molecule has 0 unspecified atom stereocenters. The van der Waals surface area contributed by atoms with Crippen LogP contribution in [-0.4, -0.2) is 19.8 Å². The van der Waals surface area contributed by atoms with Gasteiger partial charge in [0, 0.05) is 18.8 Å². The van der Waals surface area contributed by atoms with Crippen LogP contribution in [0.3, 0.4) is 0 Å². The Balaban J connectivity index is 2.12. The molecule has 5 nitrogen and oxygen atoms in total. The minimum absolute atomic E-state index is 0.252. The maximum atomic E-state index is 5.66. The first-order valence-electron chi connectivity index (χ1n) is 5.65. The molecule has 0 radical (unpaired) electrons. The molecule has 0 saturated heterocycles. The molecule has 0 bridgehead atoms. The molecule has 2 rings (SSSR count). The topological polar surface area (TPSA) is 66.0 Å². The summed E-state index contributed by atoms with van der Waals surface area (Å²) in [4.78, 5) is 4.30. The van der Waals surface area contributed by atoms with Crippen LogP contribution in [-0.2, 0) is 6.54 Å². The molecule has 0 amide bonds. The maximum Gasteiger partial charge on any atom is 0.165 e. The first-order chi connectivity index (χ1) is 8.69. The molecule has 2 N–H and O–H groups in total. The Hall–Kier alpha value is -1.95. The summed E-state index contributed by atoms with van der Waals surface area (Å²) < 4.78 is 7.50. The fourth-order valence-corrected chi connectivity index (χ4v) is 1.61. The summed E-state index contributed by atoms with van der Waals surface area (Å²) in [5, 5.41) is 4.19. The Bertz CT molecular complexity index is 553. The van der Waals surface area contributed by atoms with E-state index < -0.39 is 0 Å². The van der Waals surface area contributed by atoms with Crippen LogP contribution in [0.15, 0.2) is 30.7 Å². The second-order valence-electron chi connectivity index (χ2n) is 3.78. The zero-order valence-corrected chi connectivity index (χ0v) is 10.9. The molecule has 0 aliphatic carbocycles. The lowest BCUT2D eigenvalue weighted by Crippen LogP contribution is -2.11. The molecule has 0 atom stereocenters. The SMILES string of the molecule is CCCn1cc(Oc2ccnc(C(N)=S)c2)cn1. The van der Waals surface area contributed by atoms with Gasteiger partial charge in [0.05, 0.1) is 12.4 Å². The van der Waals surface area contributed by atoms with Crippen LogP contribution in [0.25, 0.3) is 0 Å². The Morgan fingerprint density at radius 3 is 3.06 bits per heavy atom. The number of thiocarbonyl (C=S) groups is 1. The third kappa shape index (κ3) is 3.04. The summed E-state index contributed by atoms with van der Waals surface area (Å²) in [5.41, 5.74) is 6.06. The van der Waals surface area contributed by atoms with Crippen molar-refractivity contribution in [1.82, 2.24) is 14.8 Å². The smallest absolute Gasteiger partial charge is 0.165 e. The third-order valence-corrected chi connectivity index (χ3v) is 2.49. The van der Waals surface area contributed by atoms with Crippen LogP contribution in [0.5, 0.6) is 11.5 Å². The summed E-state index contributed by atoms with van der Waals surface area (Å²) in [7, 11) is 0. The van der Waals surface area contributed by atoms with Crippen LogP contribution >= 0.6 is 12.2 Å². The second kappa shape index (κ2) is 5.59. The second-order valence-corrected chi connectivity index (χ2v) is 4.22. The number of hydrogen-bond donors (Lipinski definition) is 1. The Morgan fingerprint density at radius 2 is 2.33 bits per heavy atom. The van der Waals surface area contributed by atoms with Crippen LogP contribution in [0, 0.1) is 0 Å². The van der Waals surface area contributed by atoms with Gasteiger partial charge in [0.1, 0.15) is 16.4 Å². The van der Waals surface area contributed by atoms with Crippen LogP contribution < -0.4 is 10.5 Å². The highest BCUT2D eigenvalue weighted by Gasteiger charge is 2.04. The van der Waals surface area contributed by atoms with Gasteiger partial charge in [0.25, 0.3) is 0 Å². The highest BCUT2D eigenvalue weighted by molar-refractivity contribution is 7.80. The largest absolute Gasteiger partial charge is 0.454 e. The van der Waals surface area contributed by atoms with Crippen LogP contribution in [0.1, 0.15) is 19.0 Å². The van der Waals surface area contributed by atoms with Crippen molar-refractivity contribution in [1.29, 1.82) is 0 Å². The fraction of sp³-hybridized carbons (Fsp3) is 0.250. The molecule has 18 heavy (non-hydrogen) atoms. The summed E-state index contributed by atoms with van der Waals surface area (Å²) in [6, 6.07) is 3.46. The minimum Gasteiger partial charge on any atom is -0.454 e. The first-order valence-corrected chi connectivity index (χ1v) is 6.06. The summed E-state index contributed by atoms with van der Waals surface area (Å²) in [6.45, 7) is 2.97. The van der Waals surface area contributed by atoms with Crippen molar-refractivity contribution in [3.8, 4) is 11.5 Å². The number of aromatic nitrogens is 3. The van der Waals surface area contributed by atoms with Crippen molar-refractivity contribution < 1.29 is 4.74 Å². The van der Waals surface area contributed by atoms with Gasteiger partial charge in [-0.05, 0) is 12.5 Å². The molecule has 0 aliphatic rings. The van der Waals surface area contributed by atoms with E-state index in [1.54, 1.807) is 24.5 Å². The first kappa shape index (κ1) is 12.5. The zero-order valence-electron chi connectivity index (χ0n) is 10.0. The molecule has 0 fully saturated rings. The van der Waals surface area contributed by atoms with E-state index >= 15 is 0 Å². The predicted octanol–water partition coefficient (Wildman–Crippen LogP) is 2.11. The molecule has 94 valence electrons.